The topological polar surface area (TPSA) is 98.7 Å². The van der Waals surface area contributed by atoms with Crippen LogP contribution in [-0.4, -0.2) is 41.5 Å². The van der Waals surface area contributed by atoms with Crippen LogP contribution in [0, 0.1) is 11.7 Å². The van der Waals surface area contributed by atoms with Gasteiger partial charge in [0.2, 0.25) is 5.91 Å². The second-order valence-corrected chi connectivity index (χ2v) is 6.44. The van der Waals surface area contributed by atoms with Crippen molar-refractivity contribution >= 4 is 34.9 Å². The van der Waals surface area contributed by atoms with E-state index < -0.39 is 37.2 Å². The molecule has 1 rings (SSSR count). The number of benzene rings is 1. The lowest BCUT2D eigenvalue weighted by Crippen LogP contribution is -2.50. The zero-order chi connectivity index (χ0) is 17.6. The number of hydrogen-bond donors (Lipinski definition) is 4. The Morgan fingerprint density at radius 2 is 2.00 bits per heavy atom. The maximum absolute atomic E-state index is 13.6. The number of carbonyl (C=O) groups excluding carboxylic acids is 2. The highest BCUT2D eigenvalue weighted by molar-refractivity contribution is 9.10. The van der Waals surface area contributed by atoms with Crippen LogP contribution in [0.3, 0.4) is 0 Å². The molecule has 0 bridgehead atoms. The Labute approximate surface area is 142 Å². The van der Waals surface area contributed by atoms with E-state index in [-0.39, 0.29) is 11.5 Å². The highest BCUT2D eigenvalue weighted by atomic mass is 79.9. The Morgan fingerprint density at radius 3 is 2.57 bits per heavy atom. The average Bonchev–Trinajstić information content (AvgIpc) is 2.46. The molecule has 0 saturated carbocycles. The maximum atomic E-state index is 13.6. The summed E-state index contributed by atoms with van der Waals surface area (Å²) in [5.41, 5.74) is -0.187. The highest BCUT2D eigenvalue weighted by Crippen LogP contribution is 2.15. The van der Waals surface area contributed by atoms with E-state index >= 15 is 0 Å². The molecule has 2 amide bonds. The molecule has 0 aromatic heterocycles. The van der Waals surface area contributed by atoms with Crippen LogP contribution < -0.4 is 10.6 Å². The molecule has 0 unspecified atom stereocenters. The van der Waals surface area contributed by atoms with E-state index in [2.05, 4.69) is 26.6 Å². The highest BCUT2D eigenvalue weighted by Gasteiger charge is 2.26. The third-order valence-corrected chi connectivity index (χ3v) is 3.51. The molecule has 6 nitrogen and oxygen atoms in total. The second kappa shape index (κ2) is 9.00. The van der Waals surface area contributed by atoms with Gasteiger partial charge < -0.3 is 20.7 Å². The summed E-state index contributed by atoms with van der Waals surface area (Å²) in [7, 11) is -1.69. The monoisotopic (exact) mass is 388 g/mol. The van der Waals surface area contributed by atoms with Gasteiger partial charge in [-0.1, -0.05) is 29.8 Å². The molecule has 0 fully saturated rings. The van der Waals surface area contributed by atoms with Crippen LogP contribution in [0.4, 0.5) is 4.39 Å². The van der Waals surface area contributed by atoms with Crippen molar-refractivity contribution in [1.29, 1.82) is 0 Å². The van der Waals surface area contributed by atoms with Gasteiger partial charge in [0.1, 0.15) is 5.82 Å². The number of carbonyl (C=O) groups is 2. The minimum absolute atomic E-state index is 0.146. The Hall–Kier alpha value is -1.45. The summed E-state index contributed by atoms with van der Waals surface area (Å²) < 4.78 is 14.1. The molecule has 1 aromatic rings. The summed E-state index contributed by atoms with van der Waals surface area (Å²) >= 11 is 3.13. The largest absolute Gasteiger partial charge is 0.475 e. The van der Waals surface area contributed by atoms with E-state index in [0.29, 0.717) is 10.9 Å². The lowest BCUT2D eigenvalue weighted by atomic mass is 9.75. The van der Waals surface area contributed by atoms with Gasteiger partial charge in [0.05, 0.1) is 18.0 Å². The van der Waals surface area contributed by atoms with Crippen molar-refractivity contribution in [3.8, 4) is 0 Å². The van der Waals surface area contributed by atoms with Crippen molar-refractivity contribution in [2.45, 2.75) is 26.2 Å². The summed E-state index contributed by atoms with van der Waals surface area (Å²) in [6.45, 7) is 3.35. The van der Waals surface area contributed by atoms with Gasteiger partial charge in [-0.05, 0) is 30.5 Å². The van der Waals surface area contributed by atoms with Crippen molar-refractivity contribution < 1.29 is 24.0 Å². The van der Waals surface area contributed by atoms with Crippen molar-refractivity contribution in [3.63, 3.8) is 0 Å². The van der Waals surface area contributed by atoms with Gasteiger partial charge in [0, 0.05) is 4.47 Å². The zero-order valence-electron chi connectivity index (χ0n) is 12.8. The van der Waals surface area contributed by atoms with E-state index in [4.69, 9.17) is 0 Å². The summed E-state index contributed by atoms with van der Waals surface area (Å²) in [5, 5.41) is 23.2. The molecular formula is C14H19BBrFN2O4. The first kappa shape index (κ1) is 19.6. The maximum Gasteiger partial charge on any atom is 0.475 e. The van der Waals surface area contributed by atoms with E-state index in [1.807, 2.05) is 13.8 Å². The van der Waals surface area contributed by atoms with Crippen molar-refractivity contribution in [3.05, 3.63) is 34.1 Å². The van der Waals surface area contributed by atoms with Gasteiger partial charge >= 0.3 is 7.12 Å². The van der Waals surface area contributed by atoms with Crippen LogP contribution in [0.15, 0.2) is 22.7 Å². The number of amides is 2. The van der Waals surface area contributed by atoms with Gasteiger partial charge in [-0.2, -0.15) is 0 Å². The SMILES string of the molecule is CC(C)C[C@H](NC(=O)CNC(=O)c1cc(Br)ccc1F)B(O)O. The molecule has 1 aromatic carbocycles. The van der Waals surface area contributed by atoms with Gasteiger partial charge in [-0.3, -0.25) is 9.59 Å². The van der Waals surface area contributed by atoms with E-state index in [0.717, 1.165) is 6.07 Å². The molecule has 9 heteroatoms. The van der Waals surface area contributed by atoms with Crippen molar-refractivity contribution in [2.24, 2.45) is 5.92 Å². The quantitative estimate of drug-likeness (QED) is 0.520. The fourth-order valence-electron chi connectivity index (χ4n) is 1.95. The molecule has 0 spiro atoms. The zero-order valence-corrected chi connectivity index (χ0v) is 14.4. The standard InChI is InChI=1S/C14H19BBrFN2O4/c1-8(2)5-12(15(22)23)19-13(20)7-18-14(21)10-6-9(16)3-4-11(10)17/h3-4,6,8,12,22-23H,5,7H2,1-2H3,(H,18,21)(H,19,20)/t12-/m0/s1. The fourth-order valence-corrected chi connectivity index (χ4v) is 2.31. The molecule has 0 heterocycles. The molecule has 1 atom stereocenters. The third-order valence-electron chi connectivity index (χ3n) is 3.01. The molecule has 0 radical (unpaired) electrons. The lowest BCUT2D eigenvalue weighted by molar-refractivity contribution is -0.120. The molecule has 0 aliphatic heterocycles. The van der Waals surface area contributed by atoms with Crippen molar-refractivity contribution in [1.82, 2.24) is 10.6 Å². The average molecular weight is 389 g/mol. The predicted molar refractivity (Wildman–Crippen MR) is 88.0 cm³/mol. The van der Waals surface area contributed by atoms with Gasteiger partial charge in [-0.15, -0.1) is 0 Å². The smallest absolute Gasteiger partial charge is 0.426 e. The molecule has 126 valence electrons. The van der Waals surface area contributed by atoms with E-state index in [1.165, 1.54) is 12.1 Å². The van der Waals surface area contributed by atoms with Crippen molar-refractivity contribution in [2.75, 3.05) is 6.54 Å². The number of halogens is 2. The van der Waals surface area contributed by atoms with Gasteiger partial charge in [-0.25, -0.2) is 4.39 Å². The molecule has 0 aliphatic rings. The first-order valence-electron chi connectivity index (χ1n) is 7.09. The summed E-state index contributed by atoms with van der Waals surface area (Å²) in [6.07, 6.45) is 0.373. The van der Waals surface area contributed by atoms with E-state index in [1.54, 1.807) is 0 Å². The third kappa shape index (κ3) is 6.68. The first-order chi connectivity index (χ1) is 10.7. The molecule has 23 heavy (non-hydrogen) atoms. The molecule has 4 N–H and O–H groups in total. The summed E-state index contributed by atoms with van der Waals surface area (Å²) in [6, 6.07) is 3.90. The Balaban J connectivity index is 2.58. The number of rotatable bonds is 7. The first-order valence-corrected chi connectivity index (χ1v) is 7.88. The summed E-state index contributed by atoms with van der Waals surface area (Å²) in [5.74, 6) is -2.71. The second-order valence-electron chi connectivity index (χ2n) is 5.52. The minimum atomic E-state index is -1.69. The fraction of sp³-hybridized carbons (Fsp3) is 0.429. The Bertz CT molecular complexity index is 572. The summed E-state index contributed by atoms with van der Waals surface area (Å²) in [4.78, 5) is 23.6. The van der Waals surface area contributed by atoms with Gasteiger partial charge in [0.25, 0.3) is 5.91 Å². The van der Waals surface area contributed by atoms with Crippen LogP contribution in [0.5, 0.6) is 0 Å². The molecular weight excluding hydrogens is 370 g/mol. The minimum Gasteiger partial charge on any atom is -0.426 e. The number of nitrogens with one attached hydrogen (secondary N) is 2. The Kier molecular flexibility index (Phi) is 7.67. The predicted octanol–water partition coefficient (Wildman–Crippen LogP) is 0.861. The van der Waals surface area contributed by atoms with Crippen LogP contribution >= 0.6 is 15.9 Å². The normalized spacial score (nSPS) is 12.0. The lowest BCUT2D eigenvalue weighted by Gasteiger charge is -2.19. The van der Waals surface area contributed by atoms with Crippen LogP contribution in [0.1, 0.15) is 30.6 Å². The van der Waals surface area contributed by atoms with Crippen LogP contribution in [0.25, 0.3) is 0 Å². The number of hydrogen-bond acceptors (Lipinski definition) is 4. The Morgan fingerprint density at radius 1 is 1.35 bits per heavy atom. The van der Waals surface area contributed by atoms with E-state index in [9.17, 15) is 24.0 Å². The van der Waals surface area contributed by atoms with Crippen LogP contribution in [-0.2, 0) is 4.79 Å². The molecule has 0 saturated heterocycles. The van der Waals surface area contributed by atoms with Gasteiger partial charge in [0.15, 0.2) is 0 Å². The molecule has 0 aliphatic carbocycles. The van der Waals surface area contributed by atoms with Crippen LogP contribution in [0.2, 0.25) is 0 Å².